The van der Waals surface area contributed by atoms with Crippen molar-refractivity contribution in [1.82, 2.24) is 5.32 Å². The molecule has 0 aliphatic carbocycles. The summed E-state index contributed by atoms with van der Waals surface area (Å²) in [6, 6.07) is 7.71. The highest BCUT2D eigenvalue weighted by Crippen LogP contribution is 2.22. The minimum Gasteiger partial charge on any atom is -0.464 e. The van der Waals surface area contributed by atoms with Crippen molar-refractivity contribution in [3.63, 3.8) is 0 Å². The van der Waals surface area contributed by atoms with Crippen LogP contribution in [0.4, 0.5) is 0 Å². The first-order chi connectivity index (χ1) is 8.84. The third kappa shape index (κ3) is 2.17. The topological polar surface area (TPSA) is 51.5 Å². The first-order valence-corrected chi connectivity index (χ1v) is 6.15. The van der Waals surface area contributed by atoms with Crippen molar-refractivity contribution in [2.75, 3.05) is 19.8 Å². The van der Waals surface area contributed by atoms with Crippen LogP contribution < -0.4 is 5.32 Å². The lowest BCUT2D eigenvalue weighted by Gasteiger charge is -2.22. The van der Waals surface area contributed by atoms with E-state index in [4.69, 9.17) is 9.15 Å². The SMILES string of the molecule is O=C(CC1COCCN1)c1coc2ccccc12. The van der Waals surface area contributed by atoms with Crippen LogP contribution in [0.3, 0.4) is 0 Å². The van der Waals surface area contributed by atoms with E-state index in [0.717, 1.165) is 24.1 Å². The Labute approximate surface area is 105 Å². The zero-order valence-electron chi connectivity index (χ0n) is 10.0. The lowest BCUT2D eigenvalue weighted by molar-refractivity contribution is 0.0676. The van der Waals surface area contributed by atoms with Gasteiger partial charge in [-0.2, -0.15) is 0 Å². The van der Waals surface area contributed by atoms with E-state index in [1.807, 2.05) is 24.3 Å². The number of fused-ring (bicyclic) bond motifs is 1. The summed E-state index contributed by atoms with van der Waals surface area (Å²) >= 11 is 0. The number of hydrogen-bond acceptors (Lipinski definition) is 4. The molecule has 0 bridgehead atoms. The number of ketones is 1. The number of rotatable bonds is 3. The van der Waals surface area contributed by atoms with E-state index in [-0.39, 0.29) is 11.8 Å². The van der Waals surface area contributed by atoms with Gasteiger partial charge in [-0.1, -0.05) is 18.2 Å². The predicted octanol–water partition coefficient (Wildman–Crippen LogP) is 1.99. The number of nitrogens with one attached hydrogen (secondary N) is 1. The number of furan rings is 1. The molecule has 0 spiro atoms. The van der Waals surface area contributed by atoms with Gasteiger partial charge in [-0.05, 0) is 6.07 Å². The Hall–Kier alpha value is -1.65. The number of Topliss-reactive ketones (excluding diaryl/α,β-unsaturated/α-hetero) is 1. The quantitative estimate of drug-likeness (QED) is 0.840. The van der Waals surface area contributed by atoms with Gasteiger partial charge in [-0.3, -0.25) is 4.79 Å². The molecule has 94 valence electrons. The van der Waals surface area contributed by atoms with Gasteiger partial charge in [-0.25, -0.2) is 0 Å². The van der Waals surface area contributed by atoms with Gasteiger partial charge in [-0.15, -0.1) is 0 Å². The molecule has 4 heteroatoms. The molecule has 1 N–H and O–H groups in total. The molecule has 18 heavy (non-hydrogen) atoms. The van der Waals surface area contributed by atoms with Crippen molar-refractivity contribution in [2.24, 2.45) is 0 Å². The Morgan fingerprint density at radius 3 is 3.11 bits per heavy atom. The van der Waals surface area contributed by atoms with E-state index in [9.17, 15) is 4.79 Å². The Bertz CT molecular complexity index is 555. The number of ether oxygens (including phenoxy) is 1. The zero-order chi connectivity index (χ0) is 12.4. The van der Waals surface area contributed by atoms with Crippen LogP contribution in [0.25, 0.3) is 11.0 Å². The highest BCUT2D eigenvalue weighted by molar-refractivity contribution is 6.07. The third-order valence-electron chi connectivity index (χ3n) is 3.21. The molecule has 1 fully saturated rings. The summed E-state index contributed by atoms with van der Waals surface area (Å²) in [5.41, 5.74) is 1.42. The first-order valence-electron chi connectivity index (χ1n) is 6.15. The number of morpholine rings is 1. The van der Waals surface area contributed by atoms with E-state index in [2.05, 4.69) is 5.32 Å². The molecule has 0 radical (unpaired) electrons. The summed E-state index contributed by atoms with van der Waals surface area (Å²) in [7, 11) is 0. The number of carbonyl (C=O) groups excluding carboxylic acids is 1. The molecule has 1 atom stereocenters. The van der Waals surface area contributed by atoms with Gasteiger partial charge in [0.25, 0.3) is 0 Å². The van der Waals surface area contributed by atoms with Crippen molar-refractivity contribution in [3.05, 3.63) is 36.1 Å². The smallest absolute Gasteiger partial charge is 0.168 e. The molecule has 0 saturated carbocycles. The molecular weight excluding hydrogens is 230 g/mol. The molecule has 2 heterocycles. The van der Waals surface area contributed by atoms with Crippen molar-refractivity contribution in [3.8, 4) is 0 Å². The Balaban J connectivity index is 1.79. The fourth-order valence-electron chi connectivity index (χ4n) is 2.28. The van der Waals surface area contributed by atoms with E-state index < -0.39 is 0 Å². The van der Waals surface area contributed by atoms with E-state index in [1.165, 1.54) is 0 Å². The van der Waals surface area contributed by atoms with Crippen molar-refractivity contribution >= 4 is 16.8 Å². The molecule has 1 aliphatic heterocycles. The zero-order valence-corrected chi connectivity index (χ0v) is 10.0. The summed E-state index contributed by atoms with van der Waals surface area (Å²) in [5, 5.41) is 4.17. The summed E-state index contributed by atoms with van der Waals surface area (Å²) in [6.07, 6.45) is 2.00. The fraction of sp³-hybridized carbons (Fsp3) is 0.357. The fourth-order valence-corrected chi connectivity index (χ4v) is 2.28. The Morgan fingerprint density at radius 1 is 1.39 bits per heavy atom. The van der Waals surface area contributed by atoms with Crippen molar-refractivity contribution < 1.29 is 13.9 Å². The molecule has 1 aromatic heterocycles. The van der Waals surface area contributed by atoms with Crippen molar-refractivity contribution in [2.45, 2.75) is 12.5 Å². The number of benzene rings is 1. The van der Waals surface area contributed by atoms with Gasteiger partial charge in [0.1, 0.15) is 11.8 Å². The maximum Gasteiger partial charge on any atom is 0.168 e. The molecule has 2 aromatic rings. The minimum absolute atomic E-state index is 0.1000. The number of para-hydroxylation sites is 1. The molecule has 1 aromatic carbocycles. The largest absolute Gasteiger partial charge is 0.464 e. The van der Waals surface area contributed by atoms with Gasteiger partial charge < -0.3 is 14.5 Å². The lowest BCUT2D eigenvalue weighted by Crippen LogP contribution is -2.42. The lowest BCUT2D eigenvalue weighted by atomic mass is 10.0. The second-order valence-corrected chi connectivity index (χ2v) is 4.50. The van der Waals surface area contributed by atoms with Crippen LogP contribution in [0.15, 0.2) is 34.9 Å². The number of carbonyl (C=O) groups is 1. The molecule has 1 aliphatic rings. The Kier molecular flexibility index (Phi) is 3.13. The second-order valence-electron chi connectivity index (χ2n) is 4.50. The average molecular weight is 245 g/mol. The molecule has 0 amide bonds. The van der Waals surface area contributed by atoms with Crippen molar-refractivity contribution in [1.29, 1.82) is 0 Å². The van der Waals surface area contributed by atoms with Crippen LogP contribution in [0.1, 0.15) is 16.8 Å². The standard InChI is InChI=1S/C14H15NO3/c16-13(7-10-8-17-6-5-15-10)12-9-18-14-4-2-1-3-11(12)14/h1-4,9-10,15H,5-8H2. The number of hydrogen-bond donors (Lipinski definition) is 1. The molecule has 3 rings (SSSR count). The van der Waals surface area contributed by atoms with Gasteiger partial charge >= 0.3 is 0 Å². The first kappa shape index (κ1) is 11.4. The maximum atomic E-state index is 12.2. The summed E-state index contributed by atoms with van der Waals surface area (Å²) in [6.45, 7) is 2.13. The van der Waals surface area contributed by atoms with Crippen LogP contribution in [0, 0.1) is 0 Å². The van der Waals surface area contributed by atoms with Gasteiger partial charge in [0.2, 0.25) is 0 Å². The van der Waals surface area contributed by atoms with Crippen LogP contribution in [0.5, 0.6) is 0 Å². The Morgan fingerprint density at radius 2 is 2.28 bits per heavy atom. The van der Waals surface area contributed by atoms with E-state index in [1.54, 1.807) is 6.26 Å². The van der Waals surface area contributed by atoms with Gasteiger partial charge in [0.15, 0.2) is 5.78 Å². The summed E-state index contributed by atoms with van der Waals surface area (Å²) in [5.74, 6) is 0.1000. The molecular formula is C14H15NO3. The van der Waals surface area contributed by atoms with Gasteiger partial charge in [0, 0.05) is 24.4 Å². The average Bonchev–Trinajstić information content (AvgIpc) is 2.84. The van der Waals surface area contributed by atoms with Crippen LogP contribution in [-0.4, -0.2) is 31.6 Å². The van der Waals surface area contributed by atoms with E-state index >= 15 is 0 Å². The van der Waals surface area contributed by atoms with Crippen LogP contribution in [0.2, 0.25) is 0 Å². The van der Waals surface area contributed by atoms with Gasteiger partial charge in [0.05, 0.1) is 18.8 Å². The second kappa shape index (κ2) is 4.92. The summed E-state index contributed by atoms with van der Waals surface area (Å²) in [4.78, 5) is 12.2. The molecule has 1 unspecified atom stereocenters. The normalized spacial score (nSPS) is 20.1. The highest BCUT2D eigenvalue weighted by Gasteiger charge is 2.20. The van der Waals surface area contributed by atoms with E-state index in [0.29, 0.717) is 18.6 Å². The third-order valence-corrected chi connectivity index (χ3v) is 3.21. The minimum atomic E-state index is 0.1000. The summed E-state index contributed by atoms with van der Waals surface area (Å²) < 4.78 is 10.7. The predicted molar refractivity (Wildman–Crippen MR) is 67.8 cm³/mol. The van der Waals surface area contributed by atoms with Crippen LogP contribution >= 0.6 is 0 Å². The molecule has 4 nitrogen and oxygen atoms in total. The van der Waals surface area contributed by atoms with Crippen LogP contribution in [-0.2, 0) is 4.74 Å². The maximum absolute atomic E-state index is 12.2. The molecule has 1 saturated heterocycles. The monoisotopic (exact) mass is 245 g/mol. The highest BCUT2D eigenvalue weighted by atomic mass is 16.5.